The highest BCUT2D eigenvalue weighted by atomic mass is 16.6. The third-order valence-corrected chi connectivity index (χ3v) is 5.89. The van der Waals surface area contributed by atoms with E-state index in [1.54, 1.807) is 0 Å². The van der Waals surface area contributed by atoms with E-state index in [0.717, 1.165) is 38.5 Å². The molecule has 0 amide bonds. The van der Waals surface area contributed by atoms with Crippen LogP contribution in [0.1, 0.15) is 45.4 Å². The zero-order valence-electron chi connectivity index (χ0n) is 12.3. The number of carboxylic acid groups (broad SMARTS) is 1. The van der Waals surface area contributed by atoms with Gasteiger partial charge < -0.3 is 9.84 Å². The van der Waals surface area contributed by atoms with Crippen molar-refractivity contribution in [2.45, 2.75) is 45.4 Å². The molecule has 6 unspecified atom stereocenters. The molecule has 6 atom stereocenters. The number of carbonyl (C=O) groups is 3. The Kier molecular flexibility index (Phi) is 3.76. The molecule has 0 aromatic rings. The maximum Gasteiger partial charge on any atom is 0.317 e. The van der Waals surface area contributed by atoms with E-state index in [1.807, 2.05) is 6.92 Å². The molecule has 5 nitrogen and oxygen atoms in total. The molecule has 3 rings (SSSR count). The Balaban J connectivity index is 1.63. The summed E-state index contributed by atoms with van der Waals surface area (Å²) in [6.45, 7) is 2.02. The van der Waals surface area contributed by atoms with Gasteiger partial charge in [-0.3, -0.25) is 14.4 Å². The SMILES string of the molecule is CC1CC(C2CCC3C(=O)OC(=O)C3C2)CCC1C(=O)O. The predicted molar refractivity (Wildman–Crippen MR) is 73.1 cm³/mol. The monoisotopic (exact) mass is 294 g/mol. The molecule has 0 radical (unpaired) electrons. The molecule has 116 valence electrons. The molecule has 1 saturated heterocycles. The first kappa shape index (κ1) is 14.5. The van der Waals surface area contributed by atoms with Gasteiger partial charge in [0.15, 0.2) is 0 Å². The van der Waals surface area contributed by atoms with Gasteiger partial charge in [-0.1, -0.05) is 6.92 Å². The molecule has 3 fully saturated rings. The quantitative estimate of drug-likeness (QED) is 0.624. The first-order valence-electron chi connectivity index (χ1n) is 7.95. The van der Waals surface area contributed by atoms with E-state index in [9.17, 15) is 19.5 Å². The lowest BCUT2D eigenvalue weighted by atomic mass is 9.64. The van der Waals surface area contributed by atoms with Crippen molar-refractivity contribution in [3.8, 4) is 0 Å². The van der Waals surface area contributed by atoms with E-state index < -0.39 is 5.97 Å². The number of esters is 2. The highest BCUT2D eigenvalue weighted by Gasteiger charge is 2.49. The van der Waals surface area contributed by atoms with Crippen LogP contribution in [-0.4, -0.2) is 23.0 Å². The minimum absolute atomic E-state index is 0.191. The van der Waals surface area contributed by atoms with Gasteiger partial charge in [0.1, 0.15) is 0 Å². The molecular formula is C16H22O5. The highest BCUT2D eigenvalue weighted by Crippen LogP contribution is 2.47. The van der Waals surface area contributed by atoms with Crippen molar-refractivity contribution >= 4 is 17.9 Å². The van der Waals surface area contributed by atoms with Gasteiger partial charge in [0.05, 0.1) is 17.8 Å². The smallest absolute Gasteiger partial charge is 0.317 e. The first-order valence-corrected chi connectivity index (χ1v) is 7.95. The fraction of sp³-hybridized carbons (Fsp3) is 0.812. The minimum atomic E-state index is -0.686. The molecule has 21 heavy (non-hydrogen) atoms. The number of fused-ring (bicyclic) bond motifs is 1. The van der Waals surface area contributed by atoms with Crippen LogP contribution < -0.4 is 0 Å². The van der Waals surface area contributed by atoms with Crippen LogP contribution in [0.25, 0.3) is 0 Å². The number of rotatable bonds is 2. The van der Waals surface area contributed by atoms with Crippen LogP contribution >= 0.6 is 0 Å². The molecule has 0 bridgehead atoms. The van der Waals surface area contributed by atoms with Gasteiger partial charge in [0.2, 0.25) is 0 Å². The predicted octanol–water partition coefficient (Wildman–Crippen LogP) is 2.24. The van der Waals surface area contributed by atoms with Crippen LogP contribution in [0.5, 0.6) is 0 Å². The lowest BCUT2D eigenvalue weighted by molar-refractivity contribution is -0.153. The summed E-state index contributed by atoms with van der Waals surface area (Å²) < 4.78 is 4.76. The van der Waals surface area contributed by atoms with Crippen molar-refractivity contribution in [3.05, 3.63) is 0 Å². The molecule has 1 aliphatic heterocycles. The molecule has 5 heteroatoms. The average molecular weight is 294 g/mol. The summed E-state index contributed by atoms with van der Waals surface area (Å²) in [5, 5.41) is 9.19. The number of aliphatic carboxylic acids is 1. The van der Waals surface area contributed by atoms with Gasteiger partial charge in [-0.05, 0) is 56.3 Å². The van der Waals surface area contributed by atoms with Gasteiger partial charge in [-0.2, -0.15) is 0 Å². The topological polar surface area (TPSA) is 80.7 Å². The summed E-state index contributed by atoms with van der Waals surface area (Å²) in [7, 11) is 0. The first-order chi connectivity index (χ1) is 9.97. The van der Waals surface area contributed by atoms with Crippen molar-refractivity contribution < 1.29 is 24.2 Å². The standard InChI is InChI=1S/C16H22O5/c1-8-6-9(2-4-11(8)14(17)18)10-3-5-12-13(7-10)16(20)21-15(12)19/h8-13H,2-7H2,1H3,(H,17,18). The van der Waals surface area contributed by atoms with Crippen LogP contribution in [0.4, 0.5) is 0 Å². The van der Waals surface area contributed by atoms with E-state index in [2.05, 4.69) is 0 Å². The molecule has 2 saturated carbocycles. The van der Waals surface area contributed by atoms with E-state index in [1.165, 1.54) is 0 Å². The Labute approximate surface area is 124 Å². The number of cyclic esters (lactones) is 2. The second-order valence-electron chi connectivity index (χ2n) is 7.02. The third kappa shape index (κ3) is 2.58. The van der Waals surface area contributed by atoms with Gasteiger partial charge in [0.25, 0.3) is 0 Å². The molecule has 0 aromatic carbocycles. The summed E-state index contributed by atoms with van der Waals surface area (Å²) in [5.74, 6) is -0.957. The third-order valence-electron chi connectivity index (χ3n) is 5.89. The van der Waals surface area contributed by atoms with Gasteiger partial charge in [-0.15, -0.1) is 0 Å². The Morgan fingerprint density at radius 2 is 1.62 bits per heavy atom. The molecule has 1 N–H and O–H groups in total. The molecular weight excluding hydrogens is 272 g/mol. The van der Waals surface area contributed by atoms with E-state index in [4.69, 9.17) is 4.74 Å². The fourth-order valence-corrected chi connectivity index (χ4v) is 4.66. The average Bonchev–Trinajstić information content (AvgIpc) is 2.73. The minimum Gasteiger partial charge on any atom is -0.481 e. The number of ether oxygens (including phenoxy) is 1. The molecule has 0 spiro atoms. The maximum absolute atomic E-state index is 11.7. The molecule has 2 aliphatic carbocycles. The molecule has 0 aromatic heterocycles. The summed E-state index contributed by atoms with van der Waals surface area (Å²) in [6.07, 6.45) is 5.01. The lowest BCUT2D eigenvalue weighted by Crippen LogP contribution is -2.36. The number of carboxylic acids is 1. The van der Waals surface area contributed by atoms with Crippen molar-refractivity contribution in [1.82, 2.24) is 0 Å². The van der Waals surface area contributed by atoms with Gasteiger partial charge in [0, 0.05) is 0 Å². The maximum atomic E-state index is 11.7. The number of hydrogen-bond acceptors (Lipinski definition) is 4. The van der Waals surface area contributed by atoms with Crippen LogP contribution in [0, 0.1) is 35.5 Å². The van der Waals surface area contributed by atoms with E-state index >= 15 is 0 Å². The second kappa shape index (κ2) is 5.43. The summed E-state index contributed by atoms with van der Waals surface area (Å²) in [6, 6.07) is 0. The van der Waals surface area contributed by atoms with Gasteiger partial charge in [-0.25, -0.2) is 0 Å². The Morgan fingerprint density at radius 1 is 1.00 bits per heavy atom. The summed E-state index contributed by atoms with van der Waals surface area (Å²) >= 11 is 0. The summed E-state index contributed by atoms with van der Waals surface area (Å²) in [4.78, 5) is 34.5. The molecule has 3 aliphatic rings. The fourth-order valence-electron chi connectivity index (χ4n) is 4.66. The lowest BCUT2D eigenvalue weighted by Gasteiger charge is -2.39. The van der Waals surface area contributed by atoms with E-state index in [0.29, 0.717) is 11.8 Å². The highest BCUT2D eigenvalue weighted by molar-refractivity contribution is 5.96. The number of hydrogen-bond donors (Lipinski definition) is 1. The van der Waals surface area contributed by atoms with Crippen LogP contribution in [0.3, 0.4) is 0 Å². The van der Waals surface area contributed by atoms with Crippen molar-refractivity contribution in [2.24, 2.45) is 35.5 Å². The van der Waals surface area contributed by atoms with E-state index in [-0.39, 0.29) is 35.6 Å². The summed E-state index contributed by atoms with van der Waals surface area (Å²) in [5.41, 5.74) is 0. The normalized spacial score (nSPS) is 43.3. The van der Waals surface area contributed by atoms with Crippen LogP contribution in [-0.2, 0) is 19.1 Å². The van der Waals surface area contributed by atoms with Gasteiger partial charge >= 0.3 is 17.9 Å². The Hall–Kier alpha value is -1.39. The Morgan fingerprint density at radius 3 is 2.29 bits per heavy atom. The van der Waals surface area contributed by atoms with Crippen molar-refractivity contribution in [1.29, 1.82) is 0 Å². The van der Waals surface area contributed by atoms with Crippen LogP contribution in [0.2, 0.25) is 0 Å². The van der Waals surface area contributed by atoms with Crippen molar-refractivity contribution in [3.63, 3.8) is 0 Å². The second-order valence-corrected chi connectivity index (χ2v) is 7.02. The Bertz CT molecular complexity index is 471. The molecule has 1 heterocycles. The zero-order chi connectivity index (χ0) is 15.1. The zero-order valence-corrected chi connectivity index (χ0v) is 12.3. The number of carbonyl (C=O) groups excluding carboxylic acids is 2. The largest absolute Gasteiger partial charge is 0.481 e. The van der Waals surface area contributed by atoms with Crippen LogP contribution in [0.15, 0.2) is 0 Å². The van der Waals surface area contributed by atoms with Crippen molar-refractivity contribution in [2.75, 3.05) is 0 Å².